The normalized spacial score (nSPS) is 12.8. The van der Waals surface area contributed by atoms with Crippen molar-refractivity contribution in [2.24, 2.45) is 0 Å². The van der Waals surface area contributed by atoms with E-state index in [0.717, 1.165) is 25.7 Å². The van der Waals surface area contributed by atoms with Gasteiger partial charge >= 0.3 is 0 Å². The summed E-state index contributed by atoms with van der Waals surface area (Å²) in [7, 11) is 0. The third kappa shape index (κ3) is 7.82. The molecule has 0 rings (SSSR count). The molecule has 16 heavy (non-hydrogen) atoms. The maximum absolute atomic E-state index is 8.46. The Hall–Kier alpha value is -1.55. The highest BCUT2D eigenvalue weighted by atomic mass is 14.2. The van der Waals surface area contributed by atoms with E-state index in [1.807, 2.05) is 32.1 Å². The van der Waals surface area contributed by atoms with Crippen molar-refractivity contribution in [3.63, 3.8) is 0 Å². The molecule has 1 nitrogen and oxygen atoms in total. The van der Waals surface area contributed by atoms with Gasteiger partial charge in [0.1, 0.15) is 0 Å². The highest BCUT2D eigenvalue weighted by Gasteiger charge is 1.94. The molecular formula is C15H21N. The number of nitriles is 1. The fourth-order valence-electron chi connectivity index (χ4n) is 1.39. The molecule has 0 atom stereocenters. The summed E-state index contributed by atoms with van der Waals surface area (Å²) in [5, 5.41) is 8.46. The van der Waals surface area contributed by atoms with Crippen molar-refractivity contribution in [2.45, 2.75) is 39.5 Å². The fraction of sp³-hybridized carbons (Fsp3) is 0.400. The quantitative estimate of drug-likeness (QED) is 0.343. The number of hydrogen-bond acceptors (Lipinski definition) is 1. The molecule has 0 unspecified atom stereocenters. The first-order chi connectivity index (χ1) is 7.74. The average Bonchev–Trinajstić information content (AvgIpc) is 2.28. The maximum Gasteiger partial charge on any atom is 0.0911 e. The number of hydrogen-bond donors (Lipinski definition) is 0. The topological polar surface area (TPSA) is 23.8 Å². The van der Waals surface area contributed by atoms with Gasteiger partial charge in [-0.05, 0) is 45.1 Å². The summed E-state index contributed by atoms with van der Waals surface area (Å²) >= 11 is 0. The van der Waals surface area contributed by atoms with Crippen LogP contribution in [0.25, 0.3) is 0 Å². The molecular weight excluding hydrogens is 194 g/mol. The molecule has 0 spiro atoms. The summed E-state index contributed by atoms with van der Waals surface area (Å²) in [5.74, 6) is 0. The zero-order valence-corrected chi connectivity index (χ0v) is 10.4. The SMILES string of the molecule is C=C/C(=C\C=C/C)CCCC/C(C)=C\C#N. The van der Waals surface area contributed by atoms with Crippen LogP contribution >= 0.6 is 0 Å². The molecule has 0 bridgehead atoms. The van der Waals surface area contributed by atoms with Crippen LogP contribution in [0.5, 0.6) is 0 Å². The smallest absolute Gasteiger partial charge is 0.0911 e. The number of unbranched alkanes of at least 4 members (excludes halogenated alkanes) is 1. The lowest BCUT2D eigenvalue weighted by molar-refractivity contribution is 0.732. The van der Waals surface area contributed by atoms with E-state index < -0.39 is 0 Å². The van der Waals surface area contributed by atoms with Crippen LogP contribution in [0.15, 0.2) is 48.1 Å². The molecule has 0 aliphatic carbocycles. The summed E-state index contributed by atoms with van der Waals surface area (Å²) in [6.07, 6.45) is 14.1. The second-order valence-electron chi connectivity index (χ2n) is 3.80. The van der Waals surface area contributed by atoms with Gasteiger partial charge in [0.15, 0.2) is 0 Å². The lowest BCUT2D eigenvalue weighted by Gasteiger charge is -2.01. The molecule has 0 N–H and O–H groups in total. The Morgan fingerprint density at radius 3 is 2.56 bits per heavy atom. The first kappa shape index (κ1) is 14.5. The van der Waals surface area contributed by atoms with E-state index in [1.165, 1.54) is 11.1 Å². The van der Waals surface area contributed by atoms with Crippen LogP contribution in [-0.2, 0) is 0 Å². The molecule has 1 heteroatoms. The van der Waals surface area contributed by atoms with Gasteiger partial charge < -0.3 is 0 Å². The third-order valence-electron chi connectivity index (χ3n) is 2.36. The van der Waals surface area contributed by atoms with E-state index >= 15 is 0 Å². The Kier molecular flexibility index (Phi) is 9.02. The van der Waals surface area contributed by atoms with Gasteiger partial charge in [-0.1, -0.05) is 36.5 Å². The standard InChI is InChI=1S/C15H21N/c1-4-6-10-15(5-2)11-8-7-9-14(3)12-13-16/h4-6,10,12H,2,7-9,11H2,1,3H3/b6-4-,14-12-,15-10+. The molecule has 0 saturated carbocycles. The van der Waals surface area contributed by atoms with Crippen LogP contribution in [-0.4, -0.2) is 0 Å². The van der Waals surface area contributed by atoms with Crippen molar-refractivity contribution in [2.75, 3.05) is 0 Å². The van der Waals surface area contributed by atoms with Gasteiger partial charge in [-0.3, -0.25) is 0 Å². The summed E-state index contributed by atoms with van der Waals surface area (Å²) in [6, 6.07) is 2.06. The minimum atomic E-state index is 1.02. The maximum atomic E-state index is 8.46. The number of allylic oxidation sites excluding steroid dienone is 7. The van der Waals surface area contributed by atoms with Crippen LogP contribution in [0, 0.1) is 11.3 Å². The summed E-state index contributed by atoms with van der Waals surface area (Å²) in [4.78, 5) is 0. The van der Waals surface area contributed by atoms with Crippen LogP contribution in [0.2, 0.25) is 0 Å². The van der Waals surface area contributed by atoms with Crippen molar-refractivity contribution >= 4 is 0 Å². The lowest BCUT2D eigenvalue weighted by Crippen LogP contribution is -1.82. The average molecular weight is 215 g/mol. The van der Waals surface area contributed by atoms with Gasteiger partial charge in [0.25, 0.3) is 0 Å². The number of rotatable bonds is 7. The van der Waals surface area contributed by atoms with Crippen molar-refractivity contribution in [3.05, 3.63) is 48.1 Å². The molecule has 0 saturated heterocycles. The van der Waals surface area contributed by atoms with Gasteiger partial charge in [-0.2, -0.15) is 5.26 Å². The fourth-order valence-corrected chi connectivity index (χ4v) is 1.39. The number of nitrogens with zero attached hydrogens (tertiary/aromatic N) is 1. The minimum Gasteiger partial charge on any atom is -0.193 e. The van der Waals surface area contributed by atoms with Gasteiger partial charge in [-0.15, -0.1) is 0 Å². The first-order valence-corrected chi connectivity index (χ1v) is 5.74. The Morgan fingerprint density at radius 1 is 1.31 bits per heavy atom. The first-order valence-electron chi connectivity index (χ1n) is 5.74. The predicted molar refractivity (Wildman–Crippen MR) is 70.9 cm³/mol. The van der Waals surface area contributed by atoms with Gasteiger partial charge in [0, 0.05) is 6.08 Å². The molecule has 0 aromatic rings. The predicted octanol–water partition coefficient (Wildman–Crippen LogP) is 4.71. The molecule has 0 heterocycles. The van der Waals surface area contributed by atoms with E-state index in [2.05, 4.69) is 18.7 Å². The Morgan fingerprint density at radius 2 is 2.00 bits per heavy atom. The minimum absolute atomic E-state index is 1.02. The van der Waals surface area contributed by atoms with E-state index in [1.54, 1.807) is 6.08 Å². The zero-order chi connectivity index (χ0) is 12.2. The van der Waals surface area contributed by atoms with Crippen LogP contribution in [0.3, 0.4) is 0 Å². The summed E-state index contributed by atoms with van der Waals surface area (Å²) in [5.41, 5.74) is 2.44. The van der Waals surface area contributed by atoms with Gasteiger partial charge in [0.2, 0.25) is 0 Å². The molecule has 0 fully saturated rings. The highest BCUT2D eigenvalue weighted by molar-refractivity contribution is 5.21. The third-order valence-corrected chi connectivity index (χ3v) is 2.36. The highest BCUT2D eigenvalue weighted by Crippen LogP contribution is 2.13. The van der Waals surface area contributed by atoms with Crippen LogP contribution in [0.4, 0.5) is 0 Å². The molecule has 86 valence electrons. The molecule has 0 aliphatic rings. The van der Waals surface area contributed by atoms with Gasteiger partial charge in [-0.25, -0.2) is 0 Å². The Labute approximate surface area is 99.5 Å². The van der Waals surface area contributed by atoms with Crippen molar-refractivity contribution in [3.8, 4) is 6.07 Å². The van der Waals surface area contributed by atoms with Crippen molar-refractivity contribution in [1.29, 1.82) is 5.26 Å². The van der Waals surface area contributed by atoms with Crippen molar-refractivity contribution in [1.82, 2.24) is 0 Å². The molecule has 0 aromatic carbocycles. The second-order valence-corrected chi connectivity index (χ2v) is 3.80. The molecule has 0 amide bonds. The van der Waals surface area contributed by atoms with Gasteiger partial charge in [0.05, 0.1) is 6.07 Å². The summed E-state index contributed by atoms with van der Waals surface area (Å²) < 4.78 is 0. The van der Waals surface area contributed by atoms with Crippen molar-refractivity contribution < 1.29 is 0 Å². The lowest BCUT2D eigenvalue weighted by atomic mass is 10.0. The van der Waals surface area contributed by atoms with Crippen LogP contribution < -0.4 is 0 Å². The van der Waals surface area contributed by atoms with E-state index in [0.29, 0.717) is 0 Å². The molecule has 0 radical (unpaired) electrons. The van der Waals surface area contributed by atoms with E-state index in [4.69, 9.17) is 5.26 Å². The molecule has 0 aromatic heterocycles. The zero-order valence-electron chi connectivity index (χ0n) is 10.4. The van der Waals surface area contributed by atoms with Crippen LogP contribution in [0.1, 0.15) is 39.5 Å². The van der Waals surface area contributed by atoms with E-state index in [9.17, 15) is 0 Å². The Balaban J connectivity index is 3.85. The monoisotopic (exact) mass is 215 g/mol. The Bertz CT molecular complexity index is 324. The summed E-state index contributed by atoms with van der Waals surface area (Å²) in [6.45, 7) is 7.82. The largest absolute Gasteiger partial charge is 0.193 e. The second kappa shape index (κ2) is 9.98. The molecule has 0 aliphatic heterocycles. The van der Waals surface area contributed by atoms with E-state index in [-0.39, 0.29) is 0 Å².